The van der Waals surface area contributed by atoms with Crippen LogP contribution in [0.4, 0.5) is 19.0 Å². The summed E-state index contributed by atoms with van der Waals surface area (Å²) in [4.78, 5) is 4.45. The molecular formula is C20H15F3N4. The van der Waals surface area contributed by atoms with E-state index < -0.39 is 11.9 Å². The molecule has 0 saturated carbocycles. The minimum Gasteiger partial charge on any atom is -0.383 e. The normalized spacial score (nSPS) is 11.9. The molecule has 0 fully saturated rings. The number of anilines is 1. The average Bonchev–Trinajstić information content (AvgIpc) is 3.00. The molecule has 27 heavy (non-hydrogen) atoms. The van der Waals surface area contributed by atoms with Gasteiger partial charge in [-0.3, -0.25) is 0 Å². The third kappa shape index (κ3) is 2.91. The molecule has 4 aromatic rings. The van der Waals surface area contributed by atoms with Crippen LogP contribution in [-0.4, -0.2) is 14.8 Å². The number of rotatable bonds is 2. The fraction of sp³-hybridized carbons (Fsp3) is 0.100. The molecule has 0 atom stereocenters. The first kappa shape index (κ1) is 17.1. The van der Waals surface area contributed by atoms with Gasteiger partial charge < -0.3 is 5.73 Å². The van der Waals surface area contributed by atoms with Gasteiger partial charge in [-0.25, -0.2) is 4.98 Å². The van der Waals surface area contributed by atoms with Crippen LogP contribution in [0.1, 0.15) is 11.3 Å². The number of benzene rings is 2. The lowest BCUT2D eigenvalue weighted by molar-refractivity contribution is -0.140. The number of hydrogen-bond acceptors (Lipinski definition) is 3. The van der Waals surface area contributed by atoms with Gasteiger partial charge in [0, 0.05) is 5.39 Å². The molecule has 0 aliphatic carbocycles. The maximum atomic E-state index is 13.6. The van der Waals surface area contributed by atoms with E-state index in [9.17, 15) is 13.2 Å². The van der Waals surface area contributed by atoms with Gasteiger partial charge in [0.1, 0.15) is 5.82 Å². The minimum atomic E-state index is -4.64. The molecule has 0 aliphatic rings. The van der Waals surface area contributed by atoms with Gasteiger partial charge in [-0.1, -0.05) is 48.5 Å². The maximum Gasteiger partial charge on any atom is 0.435 e. The largest absolute Gasteiger partial charge is 0.435 e. The molecule has 2 N–H and O–H groups in total. The van der Waals surface area contributed by atoms with E-state index in [0.717, 1.165) is 15.6 Å². The summed E-state index contributed by atoms with van der Waals surface area (Å²) in [7, 11) is 0. The number of hydrogen-bond donors (Lipinski definition) is 1. The van der Waals surface area contributed by atoms with Crippen molar-refractivity contribution < 1.29 is 13.2 Å². The van der Waals surface area contributed by atoms with Crippen molar-refractivity contribution in [2.24, 2.45) is 0 Å². The van der Waals surface area contributed by atoms with Crippen LogP contribution >= 0.6 is 0 Å². The van der Waals surface area contributed by atoms with Crippen molar-refractivity contribution in [1.82, 2.24) is 14.8 Å². The molecule has 2 aromatic carbocycles. The van der Waals surface area contributed by atoms with Gasteiger partial charge in [0.15, 0.2) is 11.5 Å². The van der Waals surface area contributed by atoms with Gasteiger partial charge in [0.2, 0.25) is 0 Å². The summed E-state index contributed by atoms with van der Waals surface area (Å²) in [6.07, 6.45) is -4.64. The molecule has 2 aromatic heterocycles. The fourth-order valence-corrected chi connectivity index (χ4v) is 3.13. The lowest BCUT2D eigenvalue weighted by Crippen LogP contribution is -2.09. The highest BCUT2D eigenvalue weighted by atomic mass is 19.4. The number of nitrogen functional groups attached to an aromatic ring is 1. The fourth-order valence-electron chi connectivity index (χ4n) is 3.13. The molecule has 4 nitrogen and oxygen atoms in total. The third-order valence-electron chi connectivity index (χ3n) is 4.38. The first-order valence-electron chi connectivity index (χ1n) is 8.24. The van der Waals surface area contributed by atoms with Crippen LogP contribution in [0.15, 0.2) is 60.7 Å². The zero-order valence-electron chi connectivity index (χ0n) is 14.3. The zero-order valence-corrected chi connectivity index (χ0v) is 14.3. The highest BCUT2D eigenvalue weighted by molar-refractivity contribution is 5.84. The van der Waals surface area contributed by atoms with Crippen molar-refractivity contribution in [3.05, 3.63) is 71.9 Å². The number of aryl methyl sites for hydroxylation is 1. The molecule has 7 heteroatoms. The van der Waals surface area contributed by atoms with Crippen LogP contribution in [0.2, 0.25) is 0 Å². The van der Waals surface area contributed by atoms with Gasteiger partial charge in [-0.15, -0.1) is 0 Å². The van der Waals surface area contributed by atoms with E-state index in [1.807, 2.05) is 25.1 Å². The van der Waals surface area contributed by atoms with Crippen LogP contribution in [0.25, 0.3) is 27.8 Å². The lowest BCUT2D eigenvalue weighted by atomic mass is 10.1. The van der Waals surface area contributed by atoms with Crippen LogP contribution in [-0.2, 0) is 6.18 Å². The Bertz CT molecular complexity index is 1130. The average molecular weight is 368 g/mol. The van der Waals surface area contributed by atoms with Gasteiger partial charge in [0.05, 0.1) is 11.1 Å². The summed E-state index contributed by atoms with van der Waals surface area (Å²) in [6, 6.07) is 17.3. The highest BCUT2D eigenvalue weighted by Gasteiger charge is 2.39. The molecule has 0 saturated heterocycles. The number of halogens is 3. The first-order chi connectivity index (χ1) is 12.9. The Balaban J connectivity index is 1.99. The summed E-state index contributed by atoms with van der Waals surface area (Å²) >= 11 is 0. The van der Waals surface area contributed by atoms with Crippen LogP contribution in [0, 0.1) is 6.92 Å². The van der Waals surface area contributed by atoms with Gasteiger partial charge in [0.25, 0.3) is 0 Å². The number of nitrogens with zero attached hydrogens (tertiary/aromatic N) is 3. The Morgan fingerprint density at radius 3 is 2.33 bits per heavy atom. The maximum absolute atomic E-state index is 13.6. The van der Waals surface area contributed by atoms with Gasteiger partial charge in [-0.05, 0) is 30.2 Å². The second-order valence-electron chi connectivity index (χ2n) is 6.20. The zero-order chi connectivity index (χ0) is 19.2. The number of pyridine rings is 1. The molecule has 0 unspecified atom stereocenters. The minimum absolute atomic E-state index is 0.101. The summed E-state index contributed by atoms with van der Waals surface area (Å²) in [5.41, 5.74) is 6.84. The molecule has 0 bridgehead atoms. The van der Waals surface area contributed by atoms with Crippen molar-refractivity contribution in [2.75, 3.05) is 5.73 Å². The lowest BCUT2D eigenvalue weighted by Gasteiger charge is -2.08. The Labute approximate surface area is 153 Å². The summed E-state index contributed by atoms with van der Waals surface area (Å²) in [5.74, 6) is 0.145. The molecule has 4 rings (SSSR count). The van der Waals surface area contributed by atoms with Crippen molar-refractivity contribution >= 4 is 16.7 Å². The van der Waals surface area contributed by atoms with E-state index in [0.29, 0.717) is 11.1 Å². The molecule has 0 spiro atoms. The predicted molar refractivity (Wildman–Crippen MR) is 98.5 cm³/mol. The number of aromatic nitrogens is 3. The summed E-state index contributed by atoms with van der Waals surface area (Å²) < 4.78 is 41.9. The monoisotopic (exact) mass is 368 g/mol. The number of nitrogens with two attached hydrogens (primary N) is 1. The quantitative estimate of drug-likeness (QED) is 0.542. The molecule has 0 amide bonds. The predicted octanol–water partition coefficient (Wildman–Crippen LogP) is 5.00. The highest BCUT2D eigenvalue weighted by Crippen LogP contribution is 2.40. The number of fused-ring (bicyclic) bond motifs is 1. The Morgan fingerprint density at radius 2 is 1.63 bits per heavy atom. The smallest absolute Gasteiger partial charge is 0.383 e. The second kappa shape index (κ2) is 6.12. The standard InChI is InChI=1S/C20H15F3N4/c1-12-11-16(25-15-10-6-5-9-14(12)15)27-19(24)17(13-7-3-2-4-8-13)18(26-27)20(21,22)23/h2-11H,24H2,1H3. The van der Waals surface area contributed by atoms with E-state index in [2.05, 4.69) is 10.1 Å². The first-order valence-corrected chi connectivity index (χ1v) is 8.24. The topological polar surface area (TPSA) is 56.7 Å². The molecule has 0 aliphatic heterocycles. The van der Waals surface area contributed by atoms with Crippen molar-refractivity contribution in [3.8, 4) is 16.9 Å². The molecule has 0 radical (unpaired) electrons. The van der Waals surface area contributed by atoms with E-state index >= 15 is 0 Å². The van der Waals surface area contributed by atoms with Crippen molar-refractivity contribution in [3.63, 3.8) is 0 Å². The van der Waals surface area contributed by atoms with E-state index in [1.165, 1.54) is 0 Å². The Kier molecular flexibility index (Phi) is 3.87. The van der Waals surface area contributed by atoms with Crippen LogP contribution in [0.5, 0.6) is 0 Å². The molecular weight excluding hydrogens is 353 g/mol. The number of alkyl halides is 3. The molecule has 136 valence electrons. The Morgan fingerprint density at radius 1 is 0.963 bits per heavy atom. The van der Waals surface area contributed by atoms with E-state index in [-0.39, 0.29) is 17.2 Å². The van der Waals surface area contributed by atoms with Crippen LogP contribution < -0.4 is 5.73 Å². The van der Waals surface area contributed by atoms with E-state index in [1.54, 1.807) is 42.5 Å². The van der Waals surface area contributed by atoms with Gasteiger partial charge >= 0.3 is 6.18 Å². The SMILES string of the molecule is Cc1cc(-n2nc(C(F)(F)F)c(-c3ccccc3)c2N)nc2ccccc12. The van der Waals surface area contributed by atoms with Gasteiger partial charge in [-0.2, -0.15) is 23.0 Å². The molecule has 2 heterocycles. The van der Waals surface area contributed by atoms with Crippen molar-refractivity contribution in [1.29, 1.82) is 0 Å². The summed E-state index contributed by atoms with van der Waals surface area (Å²) in [6.45, 7) is 1.87. The van der Waals surface area contributed by atoms with Crippen LogP contribution in [0.3, 0.4) is 0 Å². The van der Waals surface area contributed by atoms with E-state index in [4.69, 9.17) is 5.73 Å². The summed E-state index contributed by atoms with van der Waals surface area (Å²) in [5, 5.41) is 4.70. The van der Waals surface area contributed by atoms with Crippen molar-refractivity contribution in [2.45, 2.75) is 13.1 Å². The third-order valence-corrected chi connectivity index (χ3v) is 4.38. The Hall–Kier alpha value is -3.35. The number of para-hydroxylation sites is 1. The second-order valence-corrected chi connectivity index (χ2v) is 6.20.